The molecule has 2 atom stereocenters. The van der Waals surface area contributed by atoms with E-state index in [1.165, 1.54) is 36.3 Å². The van der Waals surface area contributed by atoms with E-state index in [0.29, 0.717) is 5.41 Å². The predicted molar refractivity (Wildman–Crippen MR) is 92.9 cm³/mol. The molecule has 2 rings (SSSR count). The van der Waals surface area contributed by atoms with Gasteiger partial charge in [0.05, 0.1) is 0 Å². The van der Waals surface area contributed by atoms with Crippen molar-refractivity contribution >= 4 is 5.69 Å². The second-order valence-electron chi connectivity index (χ2n) is 7.80. The molecule has 1 fully saturated rings. The zero-order valence-corrected chi connectivity index (χ0v) is 14.4. The molecule has 0 saturated carbocycles. The molecule has 2 heteroatoms. The van der Waals surface area contributed by atoms with E-state index in [1.807, 2.05) is 0 Å². The van der Waals surface area contributed by atoms with E-state index < -0.39 is 0 Å². The van der Waals surface area contributed by atoms with Gasteiger partial charge in [0.25, 0.3) is 0 Å². The second kappa shape index (κ2) is 6.39. The maximum atomic E-state index is 6.20. The fourth-order valence-electron chi connectivity index (χ4n) is 3.30. The second-order valence-corrected chi connectivity index (χ2v) is 7.80. The van der Waals surface area contributed by atoms with Crippen molar-refractivity contribution in [3.8, 4) is 0 Å². The lowest BCUT2D eigenvalue weighted by Gasteiger charge is -2.28. The molecule has 1 heterocycles. The Kier molecular flexibility index (Phi) is 4.98. The largest absolute Gasteiger partial charge is 0.371 e. The van der Waals surface area contributed by atoms with Crippen LogP contribution in [-0.2, 0) is 6.42 Å². The standard InChI is InChI=1S/C19H32N2/c1-6-17(20)12-15-11-14(2)7-8-18(15)21-10-9-16(13-21)19(3,4)5/h7-8,11,16-17H,6,9-10,12-13,20H2,1-5H3. The summed E-state index contributed by atoms with van der Waals surface area (Å²) in [6.07, 6.45) is 3.33. The van der Waals surface area contributed by atoms with Crippen molar-refractivity contribution in [3.63, 3.8) is 0 Å². The number of nitrogens with two attached hydrogens (primary N) is 1. The Morgan fingerprint density at radius 1 is 1.33 bits per heavy atom. The first kappa shape index (κ1) is 16.4. The van der Waals surface area contributed by atoms with Crippen molar-refractivity contribution < 1.29 is 0 Å². The summed E-state index contributed by atoms with van der Waals surface area (Å²) in [5.74, 6) is 0.784. The summed E-state index contributed by atoms with van der Waals surface area (Å²) in [7, 11) is 0. The summed E-state index contributed by atoms with van der Waals surface area (Å²) in [5.41, 5.74) is 10.8. The van der Waals surface area contributed by atoms with E-state index in [4.69, 9.17) is 5.73 Å². The predicted octanol–water partition coefficient (Wildman–Crippen LogP) is 4.15. The maximum Gasteiger partial charge on any atom is 0.0399 e. The van der Waals surface area contributed by atoms with E-state index in [-0.39, 0.29) is 6.04 Å². The Hall–Kier alpha value is -1.02. The first-order valence-electron chi connectivity index (χ1n) is 8.41. The topological polar surface area (TPSA) is 29.3 Å². The molecule has 0 aliphatic carbocycles. The van der Waals surface area contributed by atoms with Gasteiger partial charge in [-0.2, -0.15) is 0 Å². The molecule has 118 valence electrons. The van der Waals surface area contributed by atoms with Crippen LogP contribution >= 0.6 is 0 Å². The number of anilines is 1. The van der Waals surface area contributed by atoms with Crippen molar-refractivity contribution in [2.24, 2.45) is 17.1 Å². The van der Waals surface area contributed by atoms with Gasteiger partial charge >= 0.3 is 0 Å². The van der Waals surface area contributed by atoms with Gasteiger partial charge in [0.1, 0.15) is 0 Å². The third-order valence-corrected chi connectivity index (χ3v) is 5.00. The highest BCUT2D eigenvalue weighted by molar-refractivity contribution is 5.56. The van der Waals surface area contributed by atoms with Gasteiger partial charge < -0.3 is 10.6 Å². The molecular weight excluding hydrogens is 256 g/mol. The fourth-order valence-corrected chi connectivity index (χ4v) is 3.30. The molecule has 0 radical (unpaired) electrons. The molecule has 2 N–H and O–H groups in total. The highest BCUT2D eigenvalue weighted by atomic mass is 15.2. The molecule has 1 aromatic carbocycles. The first-order chi connectivity index (χ1) is 9.81. The highest BCUT2D eigenvalue weighted by Gasteiger charge is 2.32. The normalized spacial score (nSPS) is 20.9. The summed E-state index contributed by atoms with van der Waals surface area (Å²) in [5, 5.41) is 0. The van der Waals surface area contributed by atoms with Crippen molar-refractivity contribution in [3.05, 3.63) is 29.3 Å². The molecule has 1 aromatic rings. The highest BCUT2D eigenvalue weighted by Crippen LogP contribution is 2.37. The molecule has 1 aliphatic rings. The van der Waals surface area contributed by atoms with Crippen LogP contribution in [0.25, 0.3) is 0 Å². The van der Waals surface area contributed by atoms with Crippen molar-refractivity contribution in [2.75, 3.05) is 18.0 Å². The molecule has 0 aromatic heterocycles. The van der Waals surface area contributed by atoms with Crippen molar-refractivity contribution in [1.29, 1.82) is 0 Å². The zero-order valence-electron chi connectivity index (χ0n) is 14.4. The van der Waals surface area contributed by atoms with Gasteiger partial charge in [-0.05, 0) is 49.1 Å². The monoisotopic (exact) mass is 288 g/mol. The Labute approximate surface area is 130 Å². The average Bonchev–Trinajstić information content (AvgIpc) is 2.88. The SMILES string of the molecule is CCC(N)Cc1cc(C)ccc1N1CCC(C(C)(C)C)C1. The quantitative estimate of drug-likeness (QED) is 0.902. The third kappa shape index (κ3) is 4.00. The van der Waals surface area contributed by atoms with Crippen LogP contribution in [0.4, 0.5) is 5.69 Å². The molecule has 21 heavy (non-hydrogen) atoms. The van der Waals surface area contributed by atoms with Crippen LogP contribution in [0.1, 0.15) is 51.7 Å². The summed E-state index contributed by atoms with van der Waals surface area (Å²) in [6.45, 7) is 13.8. The van der Waals surface area contributed by atoms with Gasteiger partial charge in [-0.3, -0.25) is 0 Å². The molecule has 0 amide bonds. The maximum absolute atomic E-state index is 6.20. The molecule has 0 bridgehead atoms. The van der Waals surface area contributed by atoms with Crippen LogP contribution in [0, 0.1) is 18.3 Å². The molecular formula is C19H32N2. The van der Waals surface area contributed by atoms with Gasteiger partial charge in [0.15, 0.2) is 0 Å². The van der Waals surface area contributed by atoms with Crippen LogP contribution in [0.5, 0.6) is 0 Å². The molecule has 1 saturated heterocycles. The Balaban J connectivity index is 2.20. The minimum Gasteiger partial charge on any atom is -0.371 e. The van der Waals surface area contributed by atoms with E-state index >= 15 is 0 Å². The molecule has 2 nitrogen and oxygen atoms in total. The van der Waals surface area contributed by atoms with E-state index in [9.17, 15) is 0 Å². The van der Waals surface area contributed by atoms with Crippen molar-refractivity contribution in [1.82, 2.24) is 0 Å². The van der Waals surface area contributed by atoms with Crippen LogP contribution in [-0.4, -0.2) is 19.1 Å². The van der Waals surface area contributed by atoms with E-state index in [1.54, 1.807) is 0 Å². The summed E-state index contributed by atoms with van der Waals surface area (Å²) < 4.78 is 0. The number of aryl methyl sites for hydroxylation is 1. The number of hydrogen-bond donors (Lipinski definition) is 1. The van der Waals surface area contributed by atoms with Gasteiger partial charge in [-0.25, -0.2) is 0 Å². The molecule has 1 aliphatic heterocycles. The summed E-state index contributed by atoms with van der Waals surface area (Å²) >= 11 is 0. The van der Waals surface area contributed by atoms with Crippen molar-refractivity contribution in [2.45, 2.75) is 59.9 Å². The van der Waals surface area contributed by atoms with Gasteiger partial charge in [0, 0.05) is 24.8 Å². The molecule has 2 unspecified atom stereocenters. The number of benzene rings is 1. The minimum atomic E-state index is 0.270. The summed E-state index contributed by atoms with van der Waals surface area (Å²) in [6, 6.07) is 7.14. The molecule has 0 spiro atoms. The van der Waals surface area contributed by atoms with E-state index in [2.05, 4.69) is 57.7 Å². The minimum absolute atomic E-state index is 0.270. The Morgan fingerprint density at radius 2 is 2.05 bits per heavy atom. The first-order valence-corrected chi connectivity index (χ1v) is 8.41. The average molecular weight is 288 g/mol. The fraction of sp³-hybridized carbons (Fsp3) is 0.684. The lowest BCUT2D eigenvalue weighted by molar-refractivity contribution is 0.263. The smallest absolute Gasteiger partial charge is 0.0399 e. The Morgan fingerprint density at radius 3 is 2.62 bits per heavy atom. The number of nitrogens with zero attached hydrogens (tertiary/aromatic N) is 1. The van der Waals surface area contributed by atoms with Crippen LogP contribution in [0.15, 0.2) is 18.2 Å². The van der Waals surface area contributed by atoms with Gasteiger partial charge in [-0.15, -0.1) is 0 Å². The van der Waals surface area contributed by atoms with Gasteiger partial charge in [-0.1, -0.05) is 45.4 Å². The lowest BCUT2D eigenvalue weighted by atomic mass is 9.80. The van der Waals surface area contributed by atoms with Crippen LogP contribution in [0.3, 0.4) is 0 Å². The van der Waals surface area contributed by atoms with Gasteiger partial charge in [0.2, 0.25) is 0 Å². The lowest BCUT2D eigenvalue weighted by Crippen LogP contribution is -2.28. The summed E-state index contributed by atoms with van der Waals surface area (Å²) in [4.78, 5) is 2.58. The zero-order chi connectivity index (χ0) is 15.6. The number of rotatable bonds is 4. The van der Waals surface area contributed by atoms with Crippen LogP contribution in [0.2, 0.25) is 0 Å². The third-order valence-electron chi connectivity index (χ3n) is 5.00. The van der Waals surface area contributed by atoms with Crippen LogP contribution < -0.4 is 10.6 Å². The van der Waals surface area contributed by atoms with E-state index in [0.717, 1.165) is 18.8 Å². The number of hydrogen-bond acceptors (Lipinski definition) is 2. The Bertz CT molecular complexity index is 473.